The highest BCUT2D eigenvalue weighted by molar-refractivity contribution is 7.99. The highest BCUT2D eigenvalue weighted by atomic mass is 32.2. The number of aromatic nitrogens is 3. The summed E-state index contributed by atoms with van der Waals surface area (Å²) in [5.74, 6) is 0.561. The molecule has 2 aromatic rings. The summed E-state index contributed by atoms with van der Waals surface area (Å²) in [4.78, 5) is 20.6. The van der Waals surface area contributed by atoms with Crippen LogP contribution in [0.25, 0.3) is 0 Å². The number of piperazine rings is 1. The molecule has 1 aliphatic heterocycles. The first-order valence-corrected chi connectivity index (χ1v) is 8.71. The van der Waals surface area contributed by atoms with Crippen LogP contribution in [0.4, 0.5) is 5.69 Å². The summed E-state index contributed by atoms with van der Waals surface area (Å²) in [5.41, 5.74) is 3.92. The number of hydrogen-bond donors (Lipinski definition) is 1. The smallest absolute Gasteiger partial charge is 0.233 e. The molecule has 1 saturated heterocycles. The summed E-state index contributed by atoms with van der Waals surface area (Å²) < 4.78 is 0. The first kappa shape index (κ1) is 15.9. The highest BCUT2D eigenvalue weighted by Gasteiger charge is 2.22. The van der Waals surface area contributed by atoms with Gasteiger partial charge in [0.25, 0.3) is 0 Å². The van der Waals surface area contributed by atoms with Gasteiger partial charge < -0.3 is 9.80 Å². The number of benzene rings is 1. The third kappa shape index (κ3) is 3.67. The van der Waals surface area contributed by atoms with Crippen molar-refractivity contribution in [1.29, 1.82) is 0 Å². The maximum atomic E-state index is 12.3. The lowest BCUT2D eigenvalue weighted by molar-refractivity contribution is -0.128. The number of nitrogens with one attached hydrogen (secondary N) is 1. The molecule has 23 heavy (non-hydrogen) atoms. The molecule has 1 aliphatic rings. The Balaban J connectivity index is 1.53. The fraction of sp³-hybridized carbons (Fsp3) is 0.438. The molecule has 0 saturated carbocycles. The van der Waals surface area contributed by atoms with Gasteiger partial charge in [-0.1, -0.05) is 23.9 Å². The van der Waals surface area contributed by atoms with Crippen molar-refractivity contribution in [3.05, 3.63) is 35.7 Å². The van der Waals surface area contributed by atoms with Crippen molar-refractivity contribution in [2.45, 2.75) is 19.0 Å². The third-order valence-electron chi connectivity index (χ3n) is 4.27. The Labute approximate surface area is 140 Å². The van der Waals surface area contributed by atoms with E-state index in [-0.39, 0.29) is 5.91 Å². The average Bonchev–Trinajstić information content (AvgIpc) is 3.09. The molecule has 1 amide bonds. The average molecular weight is 331 g/mol. The lowest BCUT2D eigenvalue weighted by Gasteiger charge is -2.37. The first-order chi connectivity index (χ1) is 11.1. The molecule has 1 N–H and O–H groups in total. The van der Waals surface area contributed by atoms with Crippen molar-refractivity contribution >= 4 is 23.4 Å². The first-order valence-electron chi connectivity index (χ1n) is 7.72. The summed E-state index contributed by atoms with van der Waals surface area (Å²) in [5, 5.41) is 7.23. The van der Waals surface area contributed by atoms with E-state index in [1.54, 1.807) is 0 Å². The largest absolute Gasteiger partial charge is 0.368 e. The fourth-order valence-corrected chi connectivity index (χ4v) is 3.44. The van der Waals surface area contributed by atoms with Gasteiger partial charge in [0, 0.05) is 31.9 Å². The minimum absolute atomic E-state index is 0.159. The Morgan fingerprint density at radius 3 is 2.74 bits per heavy atom. The number of H-pyrrole nitrogens is 1. The van der Waals surface area contributed by atoms with Gasteiger partial charge in [-0.3, -0.25) is 9.89 Å². The van der Waals surface area contributed by atoms with Crippen LogP contribution in [0.15, 0.2) is 29.7 Å². The number of thioether (sulfide) groups is 1. The summed E-state index contributed by atoms with van der Waals surface area (Å²) in [7, 11) is 0. The number of aromatic amines is 1. The van der Waals surface area contributed by atoms with Crippen LogP contribution in [0.5, 0.6) is 0 Å². The van der Waals surface area contributed by atoms with Gasteiger partial charge in [0.2, 0.25) is 5.91 Å². The number of carbonyl (C=O) groups excluding carboxylic acids is 1. The molecule has 0 radical (unpaired) electrons. The van der Waals surface area contributed by atoms with Gasteiger partial charge >= 0.3 is 0 Å². The van der Waals surface area contributed by atoms with E-state index in [4.69, 9.17) is 0 Å². The SMILES string of the molecule is Cc1cccc(N2CCN(C(=O)CSc3ncn[nH]3)CC2)c1C. The Bertz CT molecular complexity index is 665. The molecule has 7 heteroatoms. The van der Waals surface area contributed by atoms with Crippen molar-refractivity contribution in [2.75, 3.05) is 36.8 Å². The minimum atomic E-state index is 0.159. The number of nitrogens with zero attached hydrogens (tertiary/aromatic N) is 4. The summed E-state index contributed by atoms with van der Waals surface area (Å²) in [6, 6.07) is 6.40. The molecule has 0 atom stereocenters. The van der Waals surface area contributed by atoms with E-state index in [9.17, 15) is 4.79 Å². The molecule has 6 nitrogen and oxygen atoms in total. The standard InChI is InChI=1S/C16H21N5OS/c1-12-4-3-5-14(13(12)2)20-6-8-21(9-7-20)15(22)10-23-16-17-11-18-19-16/h3-5,11H,6-10H2,1-2H3,(H,17,18,19). The van der Waals surface area contributed by atoms with Crippen molar-refractivity contribution in [1.82, 2.24) is 20.1 Å². The maximum Gasteiger partial charge on any atom is 0.233 e. The van der Waals surface area contributed by atoms with E-state index in [1.165, 1.54) is 34.9 Å². The number of aryl methyl sites for hydroxylation is 1. The van der Waals surface area contributed by atoms with Crippen molar-refractivity contribution in [3.63, 3.8) is 0 Å². The van der Waals surface area contributed by atoms with Crippen LogP contribution >= 0.6 is 11.8 Å². The Kier molecular flexibility index (Phi) is 4.85. The number of anilines is 1. The van der Waals surface area contributed by atoms with Crippen LogP contribution < -0.4 is 4.90 Å². The van der Waals surface area contributed by atoms with Crippen LogP contribution in [-0.2, 0) is 4.79 Å². The minimum Gasteiger partial charge on any atom is -0.368 e. The molecule has 1 aromatic carbocycles. The number of rotatable bonds is 4. The lowest BCUT2D eigenvalue weighted by atomic mass is 10.1. The summed E-state index contributed by atoms with van der Waals surface area (Å²) in [6.45, 7) is 7.59. The van der Waals surface area contributed by atoms with Crippen molar-refractivity contribution < 1.29 is 4.79 Å². The number of carbonyl (C=O) groups is 1. The van der Waals surface area contributed by atoms with Gasteiger partial charge in [0.1, 0.15) is 6.33 Å². The van der Waals surface area contributed by atoms with E-state index >= 15 is 0 Å². The van der Waals surface area contributed by atoms with Crippen LogP contribution in [0.1, 0.15) is 11.1 Å². The predicted octanol–water partition coefficient (Wildman–Crippen LogP) is 1.86. The molecule has 1 fully saturated rings. The normalized spacial score (nSPS) is 15.0. The molecule has 1 aromatic heterocycles. The zero-order chi connectivity index (χ0) is 16.2. The van der Waals surface area contributed by atoms with E-state index in [0.29, 0.717) is 10.9 Å². The zero-order valence-electron chi connectivity index (χ0n) is 13.5. The Morgan fingerprint density at radius 2 is 2.04 bits per heavy atom. The second-order valence-corrected chi connectivity index (χ2v) is 6.63. The van der Waals surface area contributed by atoms with Crippen LogP contribution in [0, 0.1) is 13.8 Å². The second-order valence-electron chi connectivity index (χ2n) is 5.67. The topological polar surface area (TPSA) is 65.1 Å². The van der Waals surface area contributed by atoms with Crippen LogP contribution in [0.2, 0.25) is 0 Å². The zero-order valence-corrected chi connectivity index (χ0v) is 14.3. The molecule has 3 rings (SSSR count). The molecule has 2 heterocycles. The van der Waals surface area contributed by atoms with Gasteiger partial charge in [-0.05, 0) is 31.0 Å². The van der Waals surface area contributed by atoms with Crippen LogP contribution in [-0.4, -0.2) is 57.9 Å². The lowest BCUT2D eigenvalue weighted by Crippen LogP contribution is -2.49. The molecule has 0 aliphatic carbocycles. The highest BCUT2D eigenvalue weighted by Crippen LogP contribution is 2.24. The van der Waals surface area contributed by atoms with Gasteiger partial charge in [0.15, 0.2) is 5.16 Å². The van der Waals surface area contributed by atoms with E-state index in [0.717, 1.165) is 26.2 Å². The van der Waals surface area contributed by atoms with Gasteiger partial charge in [-0.2, -0.15) is 5.10 Å². The molecule has 0 unspecified atom stereocenters. The van der Waals surface area contributed by atoms with Gasteiger partial charge in [0.05, 0.1) is 5.75 Å². The predicted molar refractivity (Wildman–Crippen MR) is 91.8 cm³/mol. The van der Waals surface area contributed by atoms with E-state index < -0.39 is 0 Å². The quantitative estimate of drug-likeness (QED) is 0.867. The van der Waals surface area contributed by atoms with E-state index in [1.807, 2.05) is 4.90 Å². The Hall–Kier alpha value is -2.02. The maximum absolute atomic E-state index is 12.3. The van der Waals surface area contributed by atoms with Gasteiger partial charge in [-0.25, -0.2) is 4.98 Å². The van der Waals surface area contributed by atoms with Gasteiger partial charge in [-0.15, -0.1) is 0 Å². The molecule has 0 spiro atoms. The fourth-order valence-electron chi connectivity index (χ4n) is 2.76. The summed E-state index contributed by atoms with van der Waals surface area (Å²) in [6.07, 6.45) is 1.45. The molecule has 0 bridgehead atoms. The molecular formula is C16H21N5OS. The number of amides is 1. The van der Waals surface area contributed by atoms with Crippen LogP contribution in [0.3, 0.4) is 0 Å². The number of hydrogen-bond acceptors (Lipinski definition) is 5. The summed E-state index contributed by atoms with van der Waals surface area (Å²) >= 11 is 1.40. The monoisotopic (exact) mass is 331 g/mol. The Morgan fingerprint density at radius 1 is 1.26 bits per heavy atom. The third-order valence-corrected chi connectivity index (χ3v) is 5.14. The second kappa shape index (κ2) is 7.04. The molecule has 122 valence electrons. The van der Waals surface area contributed by atoms with Crippen molar-refractivity contribution in [3.8, 4) is 0 Å². The van der Waals surface area contributed by atoms with E-state index in [2.05, 4.69) is 52.1 Å². The molecular weight excluding hydrogens is 310 g/mol. The van der Waals surface area contributed by atoms with Crippen molar-refractivity contribution in [2.24, 2.45) is 0 Å².